The lowest BCUT2D eigenvalue weighted by molar-refractivity contribution is -0.665. The average Bonchev–Trinajstić information content (AvgIpc) is 3.44. The third-order valence-electron chi connectivity index (χ3n) is 7.63. The van der Waals surface area contributed by atoms with Gasteiger partial charge in [-0.2, -0.15) is 4.57 Å². The van der Waals surface area contributed by atoms with E-state index in [4.69, 9.17) is 0 Å². The van der Waals surface area contributed by atoms with Crippen LogP contribution >= 0.6 is 23.1 Å². The Labute approximate surface area is 235 Å². The average molecular weight is 536 g/mol. The predicted octanol–water partition coefficient (Wildman–Crippen LogP) is 9.19. The Morgan fingerprint density at radius 3 is 2.50 bits per heavy atom. The van der Waals surface area contributed by atoms with Crippen molar-refractivity contribution in [3.63, 3.8) is 0 Å². The van der Waals surface area contributed by atoms with Gasteiger partial charge in [-0.05, 0) is 98.6 Å². The van der Waals surface area contributed by atoms with Crippen LogP contribution in [0.15, 0.2) is 100.0 Å². The maximum absolute atomic E-state index is 2.47. The molecular formula is C34H35N2S2+. The maximum Gasteiger partial charge on any atom is 0.263 e. The normalized spacial score (nSPS) is 19.4. The van der Waals surface area contributed by atoms with Crippen molar-refractivity contribution in [2.24, 2.45) is 0 Å². The second kappa shape index (κ2) is 10.6. The molecule has 1 aliphatic carbocycles. The van der Waals surface area contributed by atoms with E-state index in [1.165, 1.54) is 58.7 Å². The van der Waals surface area contributed by atoms with E-state index in [9.17, 15) is 0 Å². The number of anilines is 1. The lowest BCUT2D eigenvalue weighted by Crippen LogP contribution is -2.33. The van der Waals surface area contributed by atoms with Crippen molar-refractivity contribution in [2.45, 2.75) is 57.9 Å². The van der Waals surface area contributed by atoms with E-state index < -0.39 is 0 Å². The van der Waals surface area contributed by atoms with Crippen LogP contribution in [0, 0.1) is 13.8 Å². The summed E-state index contributed by atoms with van der Waals surface area (Å²) in [6.45, 7) is 10.8. The number of fused-ring (bicyclic) bond motifs is 2. The lowest BCUT2D eigenvalue weighted by atomic mass is 9.81. The molecule has 6 rings (SSSR count). The summed E-state index contributed by atoms with van der Waals surface area (Å²) in [4.78, 5) is 3.84. The summed E-state index contributed by atoms with van der Waals surface area (Å²) in [5.74, 6) is 0.483. The van der Waals surface area contributed by atoms with Crippen molar-refractivity contribution in [2.75, 3.05) is 11.4 Å². The predicted molar refractivity (Wildman–Crippen MR) is 165 cm³/mol. The fourth-order valence-corrected chi connectivity index (χ4v) is 8.37. The number of allylic oxidation sites excluding steroid dienone is 4. The van der Waals surface area contributed by atoms with Crippen LogP contribution < -0.4 is 9.47 Å². The van der Waals surface area contributed by atoms with E-state index >= 15 is 0 Å². The minimum Gasteiger partial charge on any atom is -0.335 e. The molecule has 0 N–H and O–H groups in total. The number of thiazole rings is 1. The number of hydrogen-bond acceptors (Lipinski definition) is 3. The summed E-state index contributed by atoms with van der Waals surface area (Å²) >= 11 is 3.83. The quantitative estimate of drug-likeness (QED) is 0.235. The fourth-order valence-electron chi connectivity index (χ4n) is 5.77. The van der Waals surface area contributed by atoms with E-state index in [2.05, 4.69) is 122 Å². The van der Waals surface area contributed by atoms with Crippen LogP contribution in [0.25, 0.3) is 16.3 Å². The second-order valence-electron chi connectivity index (χ2n) is 10.4. The van der Waals surface area contributed by atoms with Crippen LogP contribution in [0.3, 0.4) is 0 Å². The van der Waals surface area contributed by atoms with Gasteiger partial charge in [0.05, 0.1) is 10.7 Å². The van der Waals surface area contributed by atoms with Crippen molar-refractivity contribution in [3.8, 4) is 0 Å². The molecule has 2 nitrogen and oxygen atoms in total. The van der Waals surface area contributed by atoms with Gasteiger partial charge in [-0.3, -0.25) is 0 Å². The molecule has 4 aromatic rings. The summed E-state index contributed by atoms with van der Waals surface area (Å²) in [5, 5.41) is 2.68. The number of nitrogens with zero attached hydrogens (tertiary/aromatic N) is 2. The number of rotatable bonds is 5. The molecule has 0 amide bonds. The highest BCUT2D eigenvalue weighted by atomic mass is 32.2. The second-order valence-corrected chi connectivity index (χ2v) is 12.5. The van der Waals surface area contributed by atoms with E-state index in [0.29, 0.717) is 5.92 Å². The highest BCUT2D eigenvalue weighted by molar-refractivity contribution is 8.03. The zero-order chi connectivity index (χ0) is 26.2. The van der Waals surface area contributed by atoms with Gasteiger partial charge < -0.3 is 4.90 Å². The first-order valence-corrected chi connectivity index (χ1v) is 15.3. The third-order valence-corrected chi connectivity index (χ3v) is 9.82. The van der Waals surface area contributed by atoms with Gasteiger partial charge in [0, 0.05) is 23.6 Å². The highest BCUT2D eigenvalue weighted by Crippen LogP contribution is 2.47. The van der Waals surface area contributed by atoms with Crippen molar-refractivity contribution in [1.82, 2.24) is 0 Å². The first-order valence-electron chi connectivity index (χ1n) is 13.7. The Balaban J connectivity index is 1.42. The smallest absolute Gasteiger partial charge is 0.263 e. The largest absolute Gasteiger partial charge is 0.335 e. The Hall–Kier alpha value is -3.08. The molecule has 0 saturated carbocycles. The minimum absolute atomic E-state index is 0.483. The molecule has 4 heteroatoms. The molecule has 1 unspecified atom stereocenters. The highest BCUT2D eigenvalue weighted by Gasteiger charge is 2.27. The standard InChI is InChI=1S/C34H35N2S2/c1-5-35-29-14-12-23(3)16-31(29)37-33(35)21-25-18-26(20-28(19-25)27-10-8-7-9-11-27)22-34-36(6-2)30-15-13-24(4)17-32(30)38-34/h7-18,21-22,28H,5-6,19-20H2,1-4H3/q+1. The van der Waals surface area contributed by atoms with Gasteiger partial charge in [-0.25, -0.2) is 0 Å². The van der Waals surface area contributed by atoms with Gasteiger partial charge in [0.25, 0.3) is 5.01 Å². The summed E-state index contributed by atoms with van der Waals surface area (Å²) in [6.07, 6.45) is 9.50. The van der Waals surface area contributed by atoms with E-state index in [1.54, 1.807) is 0 Å². The van der Waals surface area contributed by atoms with Gasteiger partial charge in [0.1, 0.15) is 11.2 Å². The van der Waals surface area contributed by atoms with Crippen molar-refractivity contribution < 1.29 is 4.57 Å². The first-order chi connectivity index (χ1) is 18.5. The molecule has 3 aromatic carbocycles. The molecule has 1 aliphatic heterocycles. The van der Waals surface area contributed by atoms with E-state index in [-0.39, 0.29) is 0 Å². The number of hydrogen-bond donors (Lipinski definition) is 0. The number of aromatic nitrogens is 1. The Morgan fingerprint density at radius 2 is 1.71 bits per heavy atom. The van der Waals surface area contributed by atoms with Gasteiger partial charge in [0.2, 0.25) is 5.52 Å². The summed E-state index contributed by atoms with van der Waals surface area (Å²) in [6, 6.07) is 24.7. The van der Waals surface area contributed by atoms with Gasteiger partial charge in [0.15, 0.2) is 0 Å². The van der Waals surface area contributed by atoms with Crippen molar-refractivity contribution >= 4 is 45.1 Å². The van der Waals surface area contributed by atoms with E-state index in [1.807, 2.05) is 23.1 Å². The molecular weight excluding hydrogens is 501 g/mol. The zero-order valence-electron chi connectivity index (χ0n) is 22.7. The van der Waals surface area contributed by atoms with Gasteiger partial charge >= 0.3 is 0 Å². The van der Waals surface area contributed by atoms with Crippen LogP contribution in [0.1, 0.15) is 54.3 Å². The Morgan fingerprint density at radius 1 is 0.921 bits per heavy atom. The zero-order valence-corrected chi connectivity index (χ0v) is 24.3. The molecule has 0 fully saturated rings. The first kappa shape index (κ1) is 25.2. The van der Waals surface area contributed by atoms with Crippen LogP contribution in [0.4, 0.5) is 5.69 Å². The summed E-state index contributed by atoms with van der Waals surface area (Å²) < 4.78 is 3.84. The third kappa shape index (κ3) is 4.88. The molecule has 1 atom stereocenters. The van der Waals surface area contributed by atoms with E-state index in [0.717, 1.165) is 25.9 Å². The van der Waals surface area contributed by atoms with Gasteiger partial charge in [-0.15, -0.1) is 0 Å². The monoisotopic (exact) mass is 535 g/mol. The van der Waals surface area contributed by atoms with Crippen molar-refractivity contribution in [1.29, 1.82) is 0 Å². The minimum atomic E-state index is 0.483. The molecule has 1 aromatic heterocycles. The molecule has 2 aliphatic rings. The van der Waals surface area contributed by atoms with Crippen LogP contribution in [-0.4, -0.2) is 6.54 Å². The number of benzene rings is 3. The maximum atomic E-state index is 2.47. The topological polar surface area (TPSA) is 7.12 Å². The SMILES string of the molecule is CCN1C(=CC2=CC(=Cc3sc4cc(C)ccc4[n+]3CC)CC(c3ccccc3)C2)Sc2cc(C)ccc21. The Kier molecular flexibility index (Phi) is 7.03. The molecule has 0 saturated heterocycles. The lowest BCUT2D eigenvalue weighted by Gasteiger charge is -2.25. The fraction of sp³-hybridized carbons (Fsp3) is 0.265. The molecule has 38 heavy (non-hydrogen) atoms. The number of thioether (sulfide) groups is 1. The molecule has 0 spiro atoms. The number of aryl methyl sites for hydroxylation is 3. The van der Waals surface area contributed by atoms with Crippen molar-refractivity contribution in [3.05, 3.63) is 117 Å². The molecule has 2 heterocycles. The van der Waals surface area contributed by atoms with Gasteiger partial charge in [-0.1, -0.05) is 71.6 Å². The molecule has 0 bridgehead atoms. The van der Waals surface area contributed by atoms with Crippen LogP contribution in [0.2, 0.25) is 0 Å². The molecule has 0 radical (unpaired) electrons. The summed E-state index contributed by atoms with van der Waals surface area (Å²) in [5.41, 5.74) is 9.59. The van der Waals surface area contributed by atoms with Crippen LogP contribution in [0.5, 0.6) is 0 Å². The summed E-state index contributed by atoms with van der Waals surface area (Å²) in [7, 11) is 0. The van der Waals surface area contributed by atoms with Crippen LogP contribution in [-0.2, 0) is 6.54 Å². The Bertz CT molecular complexity index is 1590. The molecule has 192 valence electrons.